The van der Waals surface area contributed by atoms with Crippen LogP contribution in [0, 0.1) is 0 Å². The first-order valence-corrected chi connectivity index (χ1v) is 7.38. The van der Waals surface area contributed by atoms with Crippen LogP contribution in [0.4, 0.5) is 0 Å². The summed E-state index contributed by atoms with van der Waals surface area (Å²) >= 11 is 0. The molecule has 0 bridgehead atoms. The molecule has 0 aromatic heterocycles. The fraction of sp³-hybridized carbons (Fsp3) is 0.562. The van der Waals surface area contributed by atoms with Crippen LogP contribution >= 0.6 is 0 Å². The fourth-order valence-electron chi connectivity index (χ4n) is 3.03. The van der Waals surface area contributed by atoms with Gasteiger partial charge in [-0.3, -0.25) is 4.79 Å². The number of hydrogen-bond acceptors (Lipinski definition) is 2. The van der Waals surface area contributed by atoms with Crippen molar-refractivity contribution in [2.75, 3.05) is 0 Å². The minimum atomic E-state index is -0.250. The molecule has 0 heterocycles. The topological polar surface area (TPSA) is 55.1 Å². The number of benzene rings is 1. The van der Waals surface area contributed by atoms with Gasteiger partial charge < -0.3 is 11.1 Å². The molecule has 2 saturated carbocycles. The highest BCUT2D eigenvalue weighted by Crippen LogP contribution is 2.44. The predicted molar refractivity (Wildman–Crippen MR) is 75.9 cm³/mol. The Labute approximate surface area is 114 Å². The second-order valence-electron chi connectivity index (χ2n) is 6.01. The average Bonchev–Trinajstić information content (AvgIpc) is 3.19. The molecule has 0 aliphatic heterocycles. The Balaban J connectivity index is 1.76. The first-order valence-electron chi connectivity index (χ1n) is 7.38. The Morgan fingerprint density at radius 1 is 1.16 bits per heavy atom. The van der Waals surface area contributed by atoms with Gasteiger partial charge in [0.2, 0.25) is 0 Å². The number of nitrogens with two attached hydrogens (primary N) is 1. The van der Waals surface area contributed by atoms with Crippen LogP contribution in [0.5, 0.6) is 0 Å². The van der Waals surface area contributed by atoms with Crippen LogP contribution in [0.15, 0.2) is 24.3 Å². The second-order valence-corrected chi connectivity index (χ2v) is 6.01. The highest BCUT2D eigenvalue weighted by atomic mass is 16.1. The molecule has 2 aliphatic carbocycles. The maximum absolute atomic E-state index is 12.4. The van der Waals surface area contributed by atoms with Gasteiger partial charge in [0.05, 0.1) is 0 Å². The lowest BCUT2D eigenvalue weighted by Crippen LogP contribution is -2.37. The molecule has 0 radical (unpaired) electrons. The molecule has 3 rings (SSSR count). The molecule has 0 unspecified atom stereocenters. The van der Waals surface area contributed by atoms with Crippen molar-refractivity contribution < 1.29 is 4.79 Å². The van der Waals surface area contributed by atoms with Crippen LogP contribution in [0.2, 0.25) is 0 Å². The Hall–Kier alpha value is -1.35. The van der Waals surface area contributed by atoms with Crippen LogP contribution in [0.25, 0.3) is 0 Å². The van der Waals surface area contributed by atoms with Crippen molar-refractivity contribution in [3.05, 3.63) is 35.4 Å². The minimum absolute atomic E-state index is 0.0548. The molecule has 2 fully saturated rings. The van der Waals surface area contributed by atoms with E-state index in [4.69, 9.17) is 5.73 Å². The van der Waals surface area contributed by atoms with Gasteiger partial charge in [-0.15, -0.1) is 0 Å². The van der Waals surface area contributed by atoms with Crippen molar-refractivity contribution in [2.45, 2.75) is 56.5 Å². The molecule has 1 aromatic carbocycles. The number of amides is 1. The normalized spacial score (nSPS) is 21.9. The molecular formula is C16H22N2O. The van der Waals surface area contributed by atoms with Gasteiger partial charge in [-0.25, -0.2) is 0 Å². The smallest absolute Gasteiger partial charge is 0.251 e. The average molecular weight is 258 g/mol. The largest absolute Gasteiger partial charge is 0.349 e. The fourth-order valence-corrected chi connectivity index (χ4v) is 3.03. The van der Waals surface area contributed by atoms with Crippen LogP contribution in [-0.2, 0) is 5.54 Å². The maximum atomic E-state index is 12.4. The lowest BCUT2D eigenvalue weighted by atomic mass is 9.94. The van der Waals surface area contributed by atoms with E-state index in [0.29, 0.717) is 6.04 Å². The molecule has 102 valence electrons. The summed E-state index contributed by atoms with van der Waals surface area (Å²) < 4.78 is 0. The Morgan fingerprint density at radius 2 is 1.84 bits per heavy atom. The Kier molecular flexibility index (Phi) is 3.31. The van der Waals surface area contributed by atoms with Crippen LogP contribution in [-0.4, -0.2) is 11.9 Å². The standard InChI is InChI=1S/C16H22N2O/c17-16(10-11-16)14-9-5-4-8-13(14)15(19)18-12-6-2-1-3-7-12/h4-5,8-9,12H,1-3,6-7,10-11,17H2,(H,18,19). The van der Waals surface area contributed by atoms with Crippen LogP contribution in [0.3, 0.4) is 0 Å². The highest BCUT2D eigenvalue weighted by Gasteiger charge is 2.42. The van der Waals surface area contributed by atoms with Gasteiger partial charge in [-0.05, 0) is 37.3 Å². The van der Waals surface area contributed by atoms with E-state index >= 15 is 0 Å². The van der Waals surface area contributed by atoms with E-state index in [1.807, 2.05) is 24.3 Å². The summed E-state index contributed by atoms with van der Waals surface area (Å²) in [5, 5.41) is 3.18. The zero-order chi connectivity index (χ0) is 13.3. The third-order valence-electron chi connectivity index (χ3n) is 4.44. The summed E-state index contributed by atoms with van der Waals surface area (Å²) in [6.45, 7) is 0. The Morgan fingerprint density at radius 3 is 2.53 bits per heavy atom. The lowest BCUT2D eigenvalue weighted by molar-refractivity contribution is 0.0926. The van der Waals surface area contributed by atoms with Gasteiger partial charge in [0.25, 0.3) is 5.91 Å². The monoisotopic (exact) mass is 258 g/mol. The van der Waals surface area contributed by atoms with Gasteiger partial charge in [-0.1, -0.05) is 37.5 Å². The van der Waals surface area contributed by atoms with Crippen LogP contribution in [0.1, 0.15) is 60.9 Å². The molecule has 3 N–H and O–H groups in total. The van der Waals surface area contributed by atoms with Gasteiger partial charge >= 0.3 is 0 Å². The number of hydrogen-bond donors (Lipinski definition) is 2. The molecule has 2 aliphatic rings. The van der Waals surface area contributed by atoms with Gasteiger partial charge in [0.1, 0.15) is 0 Å². The minimum Gasteiger partial charge on any atom is -0.349 e. The zero-order valence-electron chi connectivity index (χ0n) is 11.3. The number of rotatable bonds is 3. The van der Waals surface area contributed by atoms with Gasteiger partial charge in [0.15, 0.2) is 0 Å². The molecule has 3 heteroatoms. The van der Waals surface area contributed by atoms with Crippen molar-refractivity contribution >= 4 is 5.91 Å². The molecule has 1 aromatic rings. The van der Waals surface area contributed by atoms with Crippen molar-refractivity contribution in [1.82, 2.24) is 5.32 Å². The Bertz CT molecular complexity index is 473. The third kappa shape index (κ3) is 2.66. The van der Waals surface area contributed by atoms with Crippen molar-refractivity contribution in [2.24, 2.45) is 5.73 Å². The quantitative estimate of drug-likeness (QED) is 0.875. The summed E-state index contributed by atoms with van der Waals surface area (Å²) in [7, 11) is 0. The van der Waals surface area contributed by atoms with E-state index in [9.17, 15) is 4.79 Å². The highest BCUT2D eigenvalue weighted by molar-refractivity contribution is 5.96. The SMILES string of the molecule is NC1(c2ccccc2C(=O)NC2CCCCC2)CC1. The summed E-state index contributed by atoms with van der Waals surface area (Å²) in [5.74, 6) is 0.0548. The summed E-state index contributed by atoms with van der Waals surface area (Å²) in [6.07, 6.45) is 7.96. The van der Waals surface area contributed by atoms with Gasteiger partial charge in [-0.2, -0.15) is 0 Å². The number of carbonyl (C=O) groups is 1. The molecule has 0 atom stereocenters. The zero-order valence-corrected chi connectivity index (χ0v) is 11.3. The molecule has 0 spiro atoms. The second kappa shape index (κ2) is 4.97. The first kappa shape index (κ1) is 12.7. The van der Waals surface area contributed by atoms with Crippen molar-refractivity contribution in [1.29, 1.82) is 0 Å². The molecule has 0 saturated heterocycles. The third-order valence-corrected chi connectivity index (χ3v) is 4.44. The molecular weight excluding hydrogens is 236 g/mol. The molecule has 1 amide bonds. The van der Waals surface area contributed by atoms with E-state index in [2.05, 4.69) is 5.32 Å². The number of nitrogens with one attached hydrogen (secondary N) is 1. The summed E-state index contributed by atoms with van der Waals surface area (Å²) in [4.78, 5) is 12.4. The van der Waals surface area contributed by atoms with Crippen LogP contribution < -0.4 is 11.1 Å². The summed E-state index contributed by atoms with van der Waals surface area (Å²) in [5.41, 5.74) is 7.80. The van der Waals surface area contributed by atoms with Gasteiger partial charge in [0, 0.05) is 17.1 Å². The van der Waals surface area contributed by atoms with E-state index in [-0.39, 0.29) is 11.4 Å². The maximum Gasteiger partial charge on any atom is 0.251 e. The van der Waals surface area contributed by atoms with E-state index < -0.39 is 0 Å². The predicted octanol–water partition coefficient (Wildman–Crippen LogP) is 2.70. The summed E-state index contributed by atoms with van der Waals surface area (Å²) in [6, 6.07) is 8.15. The first-order chi connectivity index (χ1) is 9.19. The van der Waals surface area contributed by atoms with Crippen molar-refractivity contribution in [3.8, 4) is 0 Å². The van der Waals surface area contributed by atoms with Crippen molar-refractivity contribution in [3.63, 3.8) is 0 Å². The van der Waals surface area contributed by atoms with E-state index in [1.165, 1.54) is 19.3 Å². The number of carbonyl (C=O) groups excluding carboxylic acids is 1. The van der Waals surface area contributed by atoms with E-state index in [1.54, 1.807) is 0 Å². The molecule has 19 heavy (non-hydrogen) atoms. The molecule has 3 nitrogen and oxygen atoms in total. The lowest BCUT2D eigenvalue weighted by Gasteiger charge is -2.24. The van der Waals surface area contributed by atoms with E-state index in [0.717, 1.165) is 36.8 Å².